The fourth-order valence-corrected chi connectivity index (χ4v) is 0.120. The zero-order valence-corrected chi connectivity index (χ0v) is 6.20. The minimum absolute atomic E-state index is 0.715. The monoisotopic (exact) mass is 158 g/mol. The van der Waals surface area contributed by atoms with Gasteiger partial charge < -0.3 is 0 Å². The molecule has 8 heavy (non-hydrogen) atoms. The number of hydrogen-bond acceptors (Lipinski definition) is 2. The van der Waals surface area contributed by atoms with Crippen molar-refractivity contribution in [2.75, 3.05) is 0 Å². The summed E-state index contributed by atoms with van der Waals surface area (Å²) < 4.78 is 0. The summed E-state index contributed by atoms with van der Waals surface area (Å²) in [4.78, 5) is 3.22. The van der Waals surface area contributed by atoms with Crippen LogP contribution in [0.2, 0.25) is 0 Å². The molecule has 1 N–H and O–H groups in total. The molecule has 2 nitrogen and oxygen atoms in total. The Hall–Kier alpha value is 0.500. The van der Waals surface area contributed by atoms with Crippen molar-refractivity contribution in [3.8, 4) is 0 Å². The van der Waals surface area contributed by atoms with Crippen LogP contribution in [0, 0.1) is 0 Å². The van der Waals surface area contributed by atoms with Gasteiger partial charge in [-0.25, -0.2) is 4.89 Å². The smallest absolute Gasteiger partial charge is 0.139 e. The van der Waals surface area contributed by atoms with Gasteiger partial charge in [-0.1, -0.05) is 0 Å². The molecule has 0 aromatic heterocycles. The molecule has 0 aliphatic heterocycles. The van der Waals surface area contributed by atoms with Crippen LogP contribution in [0.15, 0.2) is 0 Å². The number of hydrogen-bond donors (Lipinski definition) is 1. The molecule has 0 unspecified atom stereocenters. The van der Waals surface area contributed by atoms with E-state index in [1.54, 1.807) is 13.8 Å². The lowest BCUT2D eigenvalue weighted by Crippen LogP contribution is -2.30. The van der Waals surface area contributed by atoms with Crippen molar-refractivity contribution in [2.45, 2.75) is 24.3 Å². The summed E-state index contributed by atoms with van der Waals surface area (Å²) in [7, 11) is 0. The second kappa shape index (κ2) is 2.87. The van der Waals surface area contributed by atoms with Crippen molar-refractivity contribution in [2.24, 2.45) is 0 Å². The summed E-state index contributed by atoms with van der Waals surface area (Å²) in [6.45, 7) is 3.16. The van der Waals surface area contributed by atoms with Crippen LogP contribution in [0.1, 0.15) is 13.8 Å². The molecule has 0 saturated heterocycles. The summed E-state index contributed by atoms with van der Waals surface area (Å²) in [5.74, 6) is 0. The van der Waals surface area contributed by atoms with Crippen LogP contribution >= 0.6 is 23.2 Å². The van der Waals surface area contributed by atoms with Gasteiger partial charge in [0.05, 0.1) is 0 Å². The lowest BCUT2D eigenvalue weighted by atomic mass is 10.2. The fourth-order valence-electron chi connectivity index (χ4n) is 0.0398. The maximum atomic E-state index is 8.10. The van der Waals surface area contributed by atoms with E-state index in [9.17, 15) is 0 Å². The fraction of sp³-hybridized carbons (Fsp3) is 1.00. The Morgan fingerprint density at radius 2 is 1.88 bits per heavy atom. The van der Waals surface area contributed by atoms with E-state index in [-0.39, 0.29) is 0 Å². The molecule has 0 rings (SSSR count). The molecule has 0 radical (unpaired) electrons. The standard InChI is InChI=1S/C4H8Cl2O2/c1-4(2,8-7)3(5)6/h3,7H,1-2H3. The Kier molecular flexibility index (Phi) is 3.05. The minimum atomic E-state index is -0.872. The summed E-state index contributed by atoms with van der Waals surface area (Å²) in [6, 6.07) is 0. The summed E-state index contributed by atoms with van der Waals surface area (Å²) in [6.07, 6.45) is 0. The average Bonchev–Trinajstić information content (AvgIpc) is 1.67. The van der Waals surface area contributed by atoms with Crippen molar-refractivity contribution in [3.05, 3.63) is 0 Å². The Morgan fingerprint density at radius 1 is 1.50 bits per heavy atom. The van der Waals surface area contributed by atoms with Crippen LogP contribution in [-0.4, -0.2) is 15.7 Å². The van der Waals surface area contributed by atoms with Crippen LogP contribution in [0.3, 0.4) is 0 Å². The van der Waals surface area contributed by atoms with E-state index < -0.39 is 10.4 Å². The highest BCUT2D eigenvalue weighted by atomic mass is 35.5. The van der Waals surface area contributed by atoms with E-state index in [2.05, 4.69) is 4.89 Å². The Labute approximate surface area is 58.3 Å². The van der Waals surface area contributed by atoms with E-state index in [1.807, 2.05) is 0 Å². The minimum Gasteiger partial charge on any atom is -0.251 e. The zero-order valence-electron chi connectivity index (χ0n) is 4.69. The normalized spacial score (nSPS) is 12.8. The van der Waals surface area contributed by atoms with Gasteiger partial charge in [0.25, 0.3) is 0 Å². The molecule has 0 saturated carbocycles. The van der Waals surface area contributed by atoms with Gasteiger partial charge in [0.1, 0.15) is 10.4 Å². The molecular weight excluding hydrogens is 151 g/mol. The highest BCUT2D eigenvalue weighted by Crippen LogP contribution is 2.21. The molecule has 0 aromatic rings. The predicted octanol–water partition coefficient (Wildman–Crippen LogP) is 2.06. The van der Waals surface area contributed by atoms with Gasteiger partial charge in [0, 0.05) is 0 Å². The van der Waals surface area contributed by atoms with Crippen molar-refractivity contribution >= 4 is 23.2 Å². The first-order chi connectivity index (χ1) is 3.50. The molecule has 0 spiro atoms. The molecular formula is C4H8Cl2O2. The van der Waals surface area contributed by atoms with Gasteiger partial charge in [0.15, 0.2) is 0 Å². The molecule has 0 bridgehead atoms. The molecule has 4 heteroatoms. The third-order valence-corrected chi connectivity index (χ3v) is 1.81. The highest BCUT2D eigenvalue weighted by Gasteiger charge is 2.26. The first kappa shape index (κ1) is 8.50. The van der Waals surface area contributed by atoms with Gasteiger partial charge in [-0.15, -0.1) is 23.2 Å². The van der Waals surface area contributed by atoms with Gasteiger partial charge in [-0.3, -0.25) is 5.26 Å². The van der Waals surface area contributed by atoms with Crippen LogP contribution < -0.4 is 0 Å². The second-order valence-electron chi connectivity index (χ2n) is 2.00. The molecule has 0 aliphatic rings. The van der Waals surface area contributed by atoms with E-state index >= 15 is 0 Å². The molecule has 0 aliphatic carbocycles. The van der Waals surface area contributed by atoms with E-state index in [4.69, 9.17) is 28.5 Å². The summed E-state index contributed by atoms with van der Waals surface area (Å²) >= 11 is 10.7. The third kappa shape index (κ3) is 2.18. The highest BCUT2D eigenvalue weighted by molar-refractivity contribution is 6.45. The average molecular weight is 159 g/mol. The topological polar surface area (TPSA) is 29.5 Å². The van der Waals surface area contributed by atoms with Crippen LogP contribution in [0.5, 0.6) is 0 Å². The maximum Gasteiger partial charge on any atom is 0.139 e. The van der Waals surface area contributed by atoms with Gasteiger partial charge >= 0.3 is 0 Å². The van der Waals surface area contributed by atoms with E-state index in [0.717, 1.165) is 0 Å². The maximum absolute atomic E-state index is 8.10. The van der Waals surface area contributed by atoms with Crippen LogP contribution in [-0.2, 0) is 4.89 Å². The summed E-state index contributed by atoms with van der Waals surface area (Å²) in [5.41, 5.74) is -0.872. The van der Waals surface area contributed by atoms with Gasteiger partial charge in [-0.05, 0) is 13.8 Å². The van der Waals surface area contributed by atoms with Crippen molar-refractivity contribution in [3.63, 3.8) is 0 Å². The Morgan fingerprint density at radius 3 is 1.88 bits per heavy atom. The van der Waals surface area contributed by atoms with Gasteiger partial charge in [-0.2, -0.15) is 0 Å². The Bertz CT molecular complexity index is 72.4. The van der Waals surface area contributed by atoms with Crippen LogP contribution in [0.25, 0.3) is 0 Å². The van der Waals surface area contributed by atoms with Crippen molar-refractivity contribution in [1.29, 1.82) is 0 Å². The zero-order chi connectivity index (χ0) is 6.78. The number of rotatable bonds is 2. The van der Waals surface area contributed by atoms with E-state index in [0.29, 0.717) is 0 Å². The van der Waals surface area contributed by atoms with Gasteiger partial charge in [0.2, 0.25) is 0 Å². The number of alkyl halides is 2. The summed E-state index contributed by atoms with van der Waals surface area (Å²) in [5, 5.41) is 8.10. The third-order valence-electron chi connectivity index (χ3n) is 0.761. The lowest BCUT2D eigenvalue weighted by Gasteiger charge is -2.20. The Balaban J connectivity index is 3.71. The quantitative estimate of drug-likeness (QED) is 0.379. The van der Waals surface area contributed by atoms with Crippen molar-refractivity contribution in [1.82, 2.24) is 0 Å². The van der Waals surface area contributed by atoms with Crippen LogP contribution in [0.4, 0.5) is 0 Å². The molecule has 0 aromatic carbocycles. The largest absolute Gasteiger partial charge is 0.251 e. The molecule has 0 fully saturated rings. The first-order valence-electron chi connectivity index (χ1n) is 2.11. The predicted molar refractivity (Wildman–Crippen MR) is 33.3 cm³/mol. The first-order valence-corrected chi connectivity index (χ1v) is 2.98. The molecule has 50 valence electrons. The lowest BCUT2D eigenvalue weighted by molar-refractivity contribution is -0.308. The molecule has 0 amide bonds. The second-order valence-corrected chi connectivity index (χ2v) is 3.09. The molecule has 0 atom stereocenters. The van der Waals surface area contributed by atoms with E-state index in [1.165, 1.54) is 0 Å². The SMILES string of the molecule is CC(C)(OO)C(Cl)Cl. The molecule has 0 heterocycles. The number of halogens is 2. The van der Waals surface area contributed by atoms with Crippen molar-refractivity contribution < 1.29 is 10.1 Å².